The van der Waals surface area contributed by atoms with E-state index in [0.29, 0.717) is 30.2 Å². The molecule has 0 aromatic carbocycles. The summed E-state index contributed by atoms with van der Waals surface area (Å²) < 4.78 is 4.96. The Morgan fingerprint density at radius 1 is 1.68 bits per heavy atom. The Bertz CT molecular complexity index is 464. The first kappa shape index (κ1) is 13.6. The minimum atomic E-state index is -0.443. The summed E-state index contributed by atoms with van der Waals surface area (Å²) in [7, 11) is 0. The van der Waals surface area contributed by atoms with Gasteiger partial charge in [-0.15, -0.1) is 0 Å². The van der Waals surface area contributed by atoms with Crippen LogP contribution in [0.4, 0.5) is 11.5 Å². The Morgan fingerprint density at radius 3 is 3.16 bits per heavy atom. The zero-order valence-electron chi connectivity index (χ0n) is 11.0. The molecule has 0 aliphatic carbocycles. The first-order valence-corrected chi connectivity index (χ1v) is 6.48. The van der Waals surface area contributed by atoms with Crippen molar-refractivity contribution in [1.82, 2.24) is 4.98 Å². The summed E-state index contributed by atoms with van der Waals surface area (Å²) in [5, 5.41) is 9.69. The van der Waals surface area contributed by atoms with Crippen LogP contribution in [0.2, 0.25) is 0 Å². The van der Waals surface area contributed by atoms with Gasteiger partial charge in [-0.05, 0) is 25.8 Å². The van der Waals surface area contributed by atoms with Crippen LogP contribution in [0, 0.1) is 0 Å². The molecule has 104 valence electrons. The van der Waals surface area contributed by atoms with Gasteiger partial charge in [-0.2, -0.15) is 0 Å². The van der Waals surface area contributed by atoms with Crippen LogP contribution in [0.15, 0.2) is 12.3 Å². The molecule has 2 heterocycles. The van der Waals surface area contributed by atoms with E-state index in [9.17, 15) is 9.90 Å². The minimum absolute atomic E-state index is 0.304. The molecule has 0 bridgehead atoms. The number of β-amino-alcohol motifs (C(OH)–C–C–N with tert-alkyl or cyclic N) is 1. The van der Waals surface area contributed by atoms with E-state index >= 15 is 0 Å². The molecule has 1 aliphatic rings. The monoisotopic (exact) mass is 265 g/mol. The molecule has 1 aromatic heterocycles. The van der Waals surface area contributed by atoms with Crippen molar-refractivity contribution in [3.8, 4) is 0 Å². The molecule has 0 amide bonds. The van der Waals surface area contributed by atoms with Gasteiger partial charge in [0.15, 0.2) is 5.82 Å². The fourth-order valence-corrected chi connectivity index (χ4v) is 2.25. The first-order chi connectivity index (χ1) is 9.13. The van der Waals surface area contributed by atoms with E-state index < -0.39 is 5.97 Å². The lowest BCUT2D eigenvalue weighted by atomic mass is 10.1. The third-order valence-electron chi connectivity index (χ3n) is 3.16. The zero-order valence-corrected chi connectivity index (χ0v) is 11.0. The van der Waals surface area contributed by atoms with Crippen molar-refractivity contribution in [2.24, 2.45) is 0 Å². The number of nitrogen functional groups attached to an aromatic ring is 1. The average Bonchev–Trinajstić information content (AvgIpc) is 2.39. The Kier molecular flexibility index (Phi) is 4.21. The second kappa shape index (κ2) is 5.88. The molecule has 1 fully saturated rings. The minimum Gasteiger partial charge on any atom is -0.462 e. The maximum Gasteiger partial charge on any atom is 0.340 e. The van der Waals surface area contributed by atoms with Gasteiger partial charge in [-0.1, -0.05) is 0 Å². The Hall–Kier alpha value is -1.82. The van der Waals surface area contributed by atoms with Crippen LogP contribution in [0.1, 0.15) is 30.1 Å². The molecule has 0 saturated carbocycles. The molecule has 3 N–H and O–H groups in total. The van der Waals surface area contributed by atoms with Crippen LogP contribution in [-0.4, -0.2) is 41.9 Å². The number of pyridine rings is 1. The topological polar surface area (TPSA) is 88.7 Å². The lowest BCUT2D eigenvalue weighted by Crippen LogP contribution is -2.39. The van der Waals surface area contributed by atoms with Crippen molar-refractivity contribution in [3.05, 3.63) is 17.8 Å². The Labute approximate surface area is 112 Å². The summed E-state index contributed by atoms with van der Waals surface area (Å²) in [5.74, 6) is 0.102. The summed E-state index contributed by atoms with van der Waals surface area (Å²) >= 11 is 0. The lowest BCUT2D eigenvalue weighted by Gasteiger charge is -2.31. The number of carbonyl (C=O) groups excluding carboxylic acids is 1. The first-order valence-electron chi connectivity index (χ1n) is 6.48. The highest BCUT2D eigenvalue weighted by Crippen LogP contribution is 2.27. The van der Waals surface area contributed by atoms with Gasteiger partial charge in [0.25, 0.3) is 0 Å². The molecule has 1 atom stereocenters. The van der Waals surface area contributed by atoms with Crippen LogP contribution in [0.3, 0.4) is 0 Å². The van der Waals surface area contributed by atoms with Gasteiger partial charge < -0.3 is 20.5 Å². The van der Waals surface area contributed by atoms with Gasteiger partial charge in [0, 0.05) is 19.3 Å². The van der Waals surface area contributed by atoms with Crippen molar-refractivity contribution in [3.63, 3.8) is 0 Å². The molecule has 0 spiro atoms. The zero-order chi connectivity index (χ0) is 13.8. The maximum absolute atomic E-state index is 11.8. The number of aromatic nitrogens is 1. The Balaban J connectivity index is 2.26. The summed E-state index contributed by atoms with van der Waals surface area (Å²) in [4.78, 5) is 17.9. The number of hydrogen-bond acceptors (Lipinski definition) is 6. The lowest BCUT2D eigenvalue weighted by molar-refractivity contribution is 0.0527. The number of aliphatic hydroxyl groups excluding tert-OH is 1. The highest BCUT2D eigenvalue weighted by atomic mass is 16.5. The smallest absolute Gasteiger partial charge is 0.340 e. The number of carbonyl (C=O) groups is 1. The number of aliphatic hydroxyl groups is 1. The molecule has 0 radical (unpaired) electrons. The summed E-state index contributed by atoms with van der Waals surface area (Å²) in [6.45, 7) is 3.32. The second-order valence-electron chi connectivity index (χ2n) is 4.56. The van der Waals surface area contributed by atoms with Gasteiger partial charge >= 0.3 is 5.97 Å². The summed E-state index contributed by atoms with van der Waals surface area (Å²) in [6, 6.07) is 1.55. The predicted octanol–water partition coefficient (Wildman–Crippen LogP) is 0.802. The average molecular weight is 265 g/mol. The number of rotatable bonds is 3. The van der Waals surface area contributed by atoms with E-state index in [2.05, 4.69) is 4.98 Å². The molecule has 1 aromatic rings. The molecule has 6 nitrogen and oxygen atoms in total. The molecule has 1 aliphatic heterocycles. The van der Waals surface area contributed by atoms with E-state index in [4.69, 9.17) is 10.5 Å². The third kappa shape index (κ3) is 2.96. The van der Waals surface area contributed by atoms with Gasteiger partial charge in [0.1, 0.15) is 0 Å². The third-order valence-corrected chi connectivity index (χ3v) is 3.16. The van der Waals surface area contributed by atoms with E-state index in [0.717, 1.165) is 19.4 Å². The quantitative estimate of drug-likeness (QED) is 0.786. The van der Waals surface area contributed by atoms with Gasteiger partial charge in [-0.25, -0.2) is 9.78 Å². The van der Waals surface area contributed by atoms with Gasteiger partial charge in [0.2, 0.25) is 0 Å². The Morgan fingerprint density at radius 2 is 2.47 bits per heavy atom. The molecule has 2 rings (SSSR count). The second-order valence-corrected chi connectivity index (χ2v) is 4.56. The standard InChI is InChI=1S/C13H19N3O3/c1-2-19-13(18)10-5-6-15-12(11(10)14)16-7-3-4-9(17)8-16/h5-6,9,17H,2-4,7-8,14H2,1H3. The normalized spacial score (nSPS) is 19.3. The number of nitrogens with two attached hydrogens (primary N) is 1. The number of esters is 1. The van der Waals surface area contributed by atoms with E-state index in [-0.39, 0.29) is 6.10 Å². The number of nitrogens with zero attached hydrogens (tertiary/aromatic N) is 2. The van der Waals surface area contributed by atoms with Crippen LogP contribution in [0.5, 0.6) is 0 Å². The largest absolute Gasteiger partial charge is 0.462 e. The van der Waals surface area contributed by atoms with Crippen molar-refractivity contribution < 1.29 is 14.6 Å². The summed E-state index contributed by atoms with van der Waals surface area (Å²) in [5.41, 5.74) is 6.64. The van der Waals surface area contributed by atoms with E-state index in [1.54, 1.807) is 19.2 Å². The number of piperidine rings is 1. The highest BCUT2D eigenvalue weighted by Gasteiger charge is 2.23. The van der Waals surface area contributed by atoms with Crippen molar-refractivity contribution in [2.75, 3.05) is 30.3 Å². The van der Waals surface area contributed by atoms with Crippen LogP contribution in [-0.2, 0) is 4.74 Å². The summed E-state index contributed by atoms with van der Waals surface area (Å²) in [6.07, 6.45) is 2.83. The number of hydrogen-bond donors (Lipinski definition) is 2. The van der Waals surface area contributed by atoms with Crippen molar-refractivity contribution >= 4 is 17.5 Å². The molecule has 1 saturated heterocycles. The number of anilines is 2. The highest BCUT2D eigenvalue weighted by molar-refractivity contribution is 5.97. The van der Waals surface area contributed by atoms with Gasteiger partial charge in [0.05, 0.1) is 24.0 Å². The fraction of sp³-hybridized carbons (Fsp3) is 0.538. The molecular weight excluding hydrogens is 246 g/mol. The predicted molar refractivity (Wildman–Crippen MR) is 72.1 cm³/mol. The maximum atomic E-state index is 11.8. The van der Waals surface area contributed by atoms with Crippen LogP contribution >= 0.6 is 0 Å². The van der Waals surface area contributed by atoms with Crippen molar-refractivity contribution in [1.29, 1.82) is 0 Å². The van der Waals surface area contributed by atoms with E-state index in [1.165, 1.54) is 0 Å². The SMILES string of the molecule is CCOC(=O)c1ccnc(N2CCCC(O)C2)c1N. The van der Waals surface area contributed by atoms with Crippen LogP contribution < -0.4 is 10.6 Å². The fourth-order valence-electron chi connectivity index (χ4n) is 2.25. The van der Waals surface area contributed by atoms with Crippen molar-refractivity contribution in [2.45, 2.75) is 25.9 Å². The van der Waals surface area contributed by atoms with E-state index in [1.807, 2.05) is 4.90 Å². The molecular formula is C13H19N3O3. The number of ether oxygens (including phenoxy) is 1. The molecule has 19 heavy (non-hydrogen) atoms. The van der Waals surface area contributed by atoms with Gasteiger partial charge in [-0.3, -0.25) is 0 Å². The molecule has 1 unspecified atom stereocenters. The molecule has 6 heteroatoms. The van der Waals surface area contributed by atoms with Crippen LogP contribution in [0.25, 0.3) is 0 Å².